The first-order valence-corrected chi connectivity index (χ1v) is 13.5. The first kappa shape index (κ1) is 26.2. The lowest BCUT2D eigenvalue weighted by atomic mass is 9.81. The SMILES string of the molecule is CCCCC(=O)NC1CCc2c(C)c(F)cc3nc4c(c1c23)Cn1c-4cc(C(C=O)CC)c(COC)c1=O. The molecule has 0 saturated heterocycles. The molecular formula is C30H34FN3O4. The Morgan fingerprint density at radius 3 is 2.79 bits per heavy atom. The number of amides is 1. The predicted octanol–water partition coefficient (Wildman–Crippen LogP) is 5.01. The summed E-state index contributed by atoms with van der Waals surface area (Å²) < 4.78 is 22.0. The smallest absolute Gasteiger partial charge is 0.257 e. The van der Waals surface area contributed by atoms with Gasteiger partial charge < -0.3 is 19.4 Å². The molecule has 0 fully saturated rings. The maximum absolute atomic E-state index is 15.0. The molecule has 1 aliphatic carbocycles. The number of nitrogens with zero attached hydrogens (tertiary/aromatic N) is 2. The zero-order valence-electron chi connectivity index (χ0n) is 22.4. The lowest BCUT2D eigenvalue weighted by Gasteiger charge is -2.29. The van der Waals surface area contributed by atoms with E-state index in [2.05, 4.69) is 12.2 Å². The summed E-state index contributed by atoms with van der Waals surface area (Å²) in [6.45, 7) is 6.14. The van der Waals surface area contributed by atoms with Crippen LogP contribution >= 0.6 is 0 Å². The summed E-state index contributed by atoms with van der Waals surface area (Å²) in [4.78, 5) is 43.4. The Kier molecular flexibility index (Phi) is 7.18. The third kappa shape index (κ3) is 4.15. The second kappa shape index (κ2) is 10.4. The van der Waals surface area contributed by atoms with Gasteiger partial charge >= 0.3 is 0 Å². The van der Waals surface area contributed by atoms with E-state index in [1.54, 1.807) is 11.5 Å². The average Bonchev–Trinajstić information content (AvgIpc) is 3.27. The van der Waals surface area contributed by atoms with Crippen LogP contribution in [0.5, 0.6) is 0 Å². The van der Waals surface area contributed by atoms with Crippen LogP contribution in [-0.2, 0) is 33.9 Å². The van der Waals surface area contributed by atoms with E-state index in [1.807, 2.05) is 13.0 Å². The molecule has 2 unspecified atom stereocenters. The van der Waals surface area contributed by atoms with E-state index in [1.165, 1.54) is 13.2 Å². The van der Waals surface area contributed by atoms with Crippen molar-refractivity contribution in [3.63, 3.8) is 0 Å². The standard InChI is InChI=1S/C30H34FN3O4/c1-5-7-8-26(36)32-23-10-9-18-16(3)22(31)12-24-27(18)28(23)20-13-34-25(29(20)33-24)11-19(17(6-2)14-35)21(15-38-4)30(34)37/h11-12,14,17,23H,5-10,13,15H2,1-4H3,(H,32,36). The number of pyridine rings is 2. The first-order valence-electron chi connectivity index (χ1n) is 13.5. The number of unbranched alkanes of at least 4 members (excludes halogenated alkanes) is 1. The van der Waals surface area contributed by atoms with Crippen LogP contribution in [0.15, 0.2) is 16.9 Å². The molecule has 200 valence electrons. The van der Waals surface area contributed by atoms with Crippen LogP contribution in [0, 0.1) is 12.7 Å². The Morgan fingerprint density at radius 1 is 1.32 bits per heavy atom. The molecule has 2 aromatic heterocycles. The van der Waals surface area contributed by atoms with Crippen molar-refractivity contribution < 1.29 is 18.7 Å². The van der Waals surface area contributed by atoms with Crippen LogP contribution < -0.4 is 10.9 Å². The molecule has 8 heteroatoms. The summed E-state index contributed by atoms with van der Waals surface area (Å²) in [7, 11) is 1.53. The van der Waals surface area contributed by atoms with Crippen molar-refractivity contribution >= 4 is 23.1 Å². The molecule has 0 radical (unpaired) electrons. The number of halogens is 1. The summed E-state index contributed by atoms with van der Waals surface area (Å²) in [5, 5.41) is 4.11. The second-order valence-electron chi connectivity index (χ2n) is 10.4. The van der Waals surface area contributed by atoms with Gasteiger partial charge in [0.1, 0.15) is 12.1 Å². The van der Waals surface area contributed by atoms with Crippen molar-refractivity contribution in [3.8, 4) is 11.4 Å². The van der Waals surface area contributed by atoms with Crippen LogP contribution in [0.25, 0.3) is 22.3 Å². The highest BCUT2D eigenvalue weighted by Gasteiger charge is 2.35. The number of hydrogen-bond acceptors (Lipinski definition) is 5. The molecule has 7 nitrogen and oxygen atoms in total. The fourth-order valence-electron chi connectivity index (χ4n) is 6.12. The van der Waals surface area contributed by atoms with Gasteiger partial charge in [-0.05, 0) is 60.9 Å². The van der Waals surface area contributed by atoms with E-state index >= 15 is 0 Å². The summed E-state index contributed by atoms with van der Waals surface area (Å²) in [5.74, 6) is -0.763. The Labute approximate surface area is 221 Å². The molecule has 0 spiro atoms. The Hall–Kier alpha value is -3.39. The van der Waals surface area contributed by atoms with Gasteiger partial charge in [0.25, 0.3) is 5.56 Å². The number of aldehydes is 1. The van der Waals surface area contributed by atoms with Crippen molar-refractivity contribution in [1.82, 2.24) is 14.9 Å². The number of rotatable bonds is 9. The average molecular weight is 520 g/mol. The van der Waals surface area contributed by atoms with Crippen LogP contribution in [-0.4, -0.2) is 28.9 Å². The molecule has 3 aromatic rings. The van der Waals surface area contributed by atoms with Crippen LogP contribution in [0.1, 0.15) is 91.3 Å². The molecule has 1 aromatic carbocycles. The van der Waals surface area contributed by atoms with E-state index in [0.717, 1.165) is 41.2 Å². The minimum atomic E-state index is -0.445. The number of aromatic nitrogens is 2. The van der Waals surface area contributed by atoms with Gasteiger partial charge in [0.2, 0.25) is 5.91 Å². The number of carbonyl (C=O) groups is 2. The summed E-state index contributed by atoms with van der Waals surface area (Å²) in [5.41, 5.74) is 5.97. The van der Waals surface area contributed by atoms with E-state index in [-0.39, 0.29) is 29.9 Å². The van der Waals surface area contributed by atoms with E-state index in [4.69, 9.17) is 9.72 Å². The highest BCUT2D eigenvalue weighted by atomic mass is 19.1. The normalized spacial score (nSPS) is 16.3. The number of hydrogen-bond donors (Lipinski definition) is 1. The lowest BCUT2D eigenvalue weighted by molar-refractivity contribution is -0.122. The van der Waals surface area contributed by atoms with Gasteiger partial charge in [-0.25, -0.2) is 9.37 Å². The fourth-order valence-corrected chi connectivity index (χ4v) is 6.12. The molecular weight excluding hydrogens is 485 g/mol. The molecule has 0 bridgehead atoms. The number of ether oxygens (including phenoxy) is 1. The van der Waals surface area contributed by atoms with Gasteiger partial charge in [-0.1, -0.05) is 20.3 Å². The number of carbonyl (C=O) groups excluding carboxylic acids is 2. The Morgan fingerprint density at radius 2 is 2.11 bits per heavy atom. The zero-order chi connectivity index (χ0) is 27.1. The molecule has 1 aliphatic heterocycles. The van der Waals surface area contributed by atoms with Gasteiger partial charge in [0.15, 0.2) is 0 Å². The summed E-state index contributed by atoms with van der Waals surface area (Å²) in [6, 6.07) is 3.08. The molecule has 5 rings (SSSR count). The summed E-state index contributed by atoms with van der Waals surface area (Å²) >= 11 is 0. The number of fused-ring (bicyclic) bond motifs is 4. The Balaban J connectivity index is 1.76. The Bertz CT molecular complexity index is 1510. The largest absolute Gasteiger partial charge is 0.380 e. The lowest BCUT2D eigenvalue weighted by Crippen LogP contribution is -2.32. The minimum absolute atomic E-state index is 0.00744. The number of aryl methyl sites for hydroxylation is 1. The van der Waals surface area contributed by atoms with Gasteiger partial charge in [0, 0.05) is 42.0 Å². The highest BCUT2D eigenvalue weighted by Crippen LogP contribution is 2.45. The van der Waals surface area contributed by atoms with Crippen LogP contribution in [0.3, 0.4) is 0 Å². The number of nitrogens with one attached hydrogen (secondary N) is 1. The van der Waals surface area contributed by atoms with Gasteiger partial charge in [-0.3, -0.25) is 9.59 Å². The molecule has 0 saturated carbocycles. The van der Waals surface area contributed by atoms with E-state index in [9.17, 15) is 18.8 Å². The predicted molar refractivity (Wildman–Crippen MR) is 144 cm³/mol. The van der Waals surface area contributed by atoms with Gasteiger partial charge in [-0.2, -0.15) is 0 Å². The topological polar surface area (TPSA) is 90.3 Å². The van der Waals surface area contributed by atoms with E-state index in [0.29, 0.717) is 65.8 Å². The van der Waals surface area contributed by atoms with E-state index < -0.39 is 5.92 Å². The highest BCUT2D eigenvalue weighted by molar-refractivity contribution is 5.93. The third-order valence-electron chi connectivity index (χ3n) is 8.15. The van der Waals surface area contributed by atoms with Crippen LogP contribution in [0.2, 0.25) is 0 Å². The molecule has 2 aliphatic rings. The van der Waals surface area contributed by atoms with Crippen molar-refractivity contribution in [1.29, 1.82) is 0 Å². The number of benzene rings is 1. The zero-order valence-corrected chi connectivity index (χ0v) is 22.4. The molecule has 3 heterocycles. The molecule has 2 atom stereocenters. The molecule has 1 N–H and O–H groups in total. The molecule has 38 heavy (non-hydrogen) atoms. The van der Waals surface area contributed by atoms with Gasteiger partial charge in [-0.15, -0.1) is 0 Å². The molecule has 1 amide bonds. The van der Waals surface area contributed by atoms with Crippen molar-refractivity contribution in [2.24, 2.45) is 0 Å². The monoisotopic (exact) mass is 519 g/mol. The van der Waals surface area contributed by atoms with Crippen molar-refractivity contribution in [2.45, 2.75) is 84.4 Å². The van der Waals surface area contributed by atoms with Gasteiger partial charge in [0.05, 0.1) is 36.1 Å². The quantitative estimate of drug-likeness (QED) is 0.314. The van der Waals surface area contributed by atoms with Crippen molar-refractivity contribution in [2.75, 3.05) is 7.11 Å². The maximum Gasteiger partial charge on any atom is 0.257 e. The first-order chi connectivity index (χ1) is 18.3. The maximum atomic E-state index is 15.0. The van der Waals surface area contributed by atoms with Crippen LogP contribution in [0.4, 0.5) is 4.39 Å². The summed E-state index contributed by atoms with van der Waals surface area (Å²) in [6.07, 6.45) is 4.89. The minimum Gasteiger partial charge on any atom is -0.380 e. The fraction of sp³-hybridized carbons (Fsp3) is 0.467. The number of methoxy groups -OCH3 is 1. The second-order valence-corrected chi connectivity index (χ2v) is 10.4. The third-order valence-corrected chi connectivity index (χ3v) is 8.15. The van der Waals surface area contributed by atoms with Crippen molar-refractivity contribution in [3.05, 3.63) is 61.7 Å².